The van der Waals surface area contributed by atoms with Crippen molar-refractivity contribution in [2.45, 2.75) is 64.7 Å². The van der Waals surface area contributed by atoms with Gasteiger partial charge in [-0.05, 0) is 51.3 Å². The SMILES string of the molecule is COc1cc(COC(=O)CCCCCO[N+](=O)[O-])cc(OC)c1C(=O)O[C@@H](CNC(C)(C)C)COc1nsnc1N1CCOCC1. The molecule has 0 spiro atoms. The second kappa shape index (κ2) is 18.3. The average Bonchev–Trinajstić information content (AvgIpc) is 3.51. The summed E-state index contributed by atoms with van der Waals surface area (Å²) < 4.78 is 42.5. The average molecular weight is 670 g/mol. The molecule has 1 saturated heterocycles. The van der Waals surface area contributed by atoms with Crippen LogP contribution in [0.4, 0.5) is 5.82 Å². The summed E-state index contributed by atoms with van der Waals surface area (Å²) in [4.78, 5) is 42.3. The van der Waals surface area contributed by atoms with Crippen molar-refractivity contribution in [3.8, 4) is 17.4 Å². The van der Waals surface area contributed by atoms with Crippen molar-refractivity contribution in [2.24, 2.45) is 0 Å². The Labute approximate surface area is 272 Å². The molecule has 17 heteroatoms. The number of nitrogens with one attached hydrogen (secondary N) is 1. The minimum absolute atomic E-state index is 0.0129. The second-order valence-electron chi connectivity index (χ2n) is 11.4. The summed E-state index contributed by atoms with van der Waals surface area (Å²) in [5, 5.41) is 12.7. The maximum Gasteiger partial charge on any atom is 0.346 e. The fraction of sp³-hybridized carbons (Fsp3) is 0.655. The highest BCUT2D eigenvalue weighted by Crippen LogP contribution is 2.32. The number of methoxy groups -OCH3 is 2. The monoisotopic (exact) mass is 669 g/mol. The molecular weight excluding hydrogens is 626 g/mol. The number of carbonyl (C=O) groups is 2. The van der Waals surface area contributed by atoms with E-state index in [1.165, 1.54) is 14.2 Å². The van der Waals surface area contributed by atoms with Gasteiger partial charge in [0.05, 0.1) is 45.8 Å². The summed E-state index contributed by atoms with van der Waals surface area (Å²) in [6.45, 7) is 8.72. The quantitative estimate of drug-likeness (QED) is 0.0995. The minimum atomic E-state index is -0.844. The van der Waals surface area contributed by atoms with Crippen LogP contribution in [0.15, 0.2) is 12.1 Å². The van der Waals surface area contributed by atoms with Gasteiger partial charge < -0.3 is 43.5 Å². The van der Waals surface area contributed by atoms with Crippen molar-refractivity contribution in [3.05, 3.63) is 33.4 Å². The third-order valence-corrected chi connectivity index (χ3v) is 7.19. The van der Waals surface area contributed by atoms with E-state index in [9.17, 15) is 19.7 Å². The van der Waals surface area contributed by atoms with Gasteiger partial charge in [-0.1, -0.05) is 6.42 Å². The predicted molar refractivity (Wildman–Crippen MR) is 166 cm³/mol. The molecule has 256 valence electrons. The van der Waals surface area contributed by atoms with Crippen LogP contribution in [0.3, 0.4) is 0 Å². The standard InChI is InChI=1S/C29H43N5O11S/c1-29(2,3)30-17-21(19-43-27-26(31-46-32-27)33-10-13-41-14-11-33)45-28(36)25-22(39-4)15-20(16-23(25)40-5)18-42-24(35)9-7-6-8-12-44-34(37)38/h15-16,21,30H,6-14,17-19H2,1-5H3/t21-/m0/s1. The van der Waals surface area contributed by atoms with E-state index in [1.54, 1.807) is 12.1 Å². The first-order chi connectivity index (χ1) is 22.0. The topological polar surface area (TPSA) is 183 Å². The lowest BCUT2D eigenvalue weighted by Gasteiger charge is -2.28. The predicted octanol–water partition coefficient (Wildman–Crippen LogP) is 3.20. The lowest BCUT2D eigenvalue weighted by molar-refractivity contribution is -0.757. The Bertz CT molecular complexity index is 1260. The van der Waals surface area contributed by atoms with E-state index in [1.807, 2.05) is 25.7 Å². The van der Waals surface area contributed by atoms with Gasteiger partial charge in [0.25, 0.3) is 11.0 Å². The van der Waals surface area contributed by atoms with Crippen molar-refractivity contribution in [1.82, 2.24) is 14.1 Å². The fourth-order valence-electron chi connectivity index (χ4n) is 4.35. The Morgan fingerprint density at radius 2 is 1.80 bits per heavy atom. The zero-order chi connectivity index (χ0) is 33.5. The first-order valence-electron chi connectivity index (χ1n) is 14.9. The smallest absolute Gasteiger partial charge is 0.346 e. The Morgan fingerprint density at radius 1 is 1.11 bits per heavy atom. The third kappa shape index (κ3) is 12.1. The normalized spacial score (nSPS) is 13.9. The number of unbranched alkanes of at least 4 members (excludes halogenated alkanes) is 2. The number of rotatable bonds is 19. The van der Waals surface area contributed by atoms with Crippen LogP contribution in [0.1, 0.15) is 62.4 Å². The molecule has 0 aliphatic carbocycles. The highest BCUT2D eigenvalue weighted by molar-refractivity contribution is 6.99. The van der Waals surface area contributed by atoms with E-state index in [-0.39, 0.29) is 48.8 Å². The minimum Gasteiger partial charge on any atom is -0.496 e. The van der Waals surface area contributed by atoms with Crippen molar-refractivity contribution in [2.75, 3.05) is 65.2 Å². The molecule has 1 atom stereocenters. The molecule has 2 heterocycles. The summed E-state index contributed by atoms with van der Waals surface area (Å²) in [6, 6.07) is 3.16. The molecule has 0 unspecified atom stereocenters. The van der Waals surface area contributed by atoms with Crippen LogP contribution in [-0.2, 0) is 30.4 Å². The molecule has 0 radical (unpaired) electrons. The molecule has 0 saturated carbocycles. The van der Waals surface area contributed by atoms with E-state index < -0.39 is 23.1 Å². The Morgan fingerprint density at radius 3 is 2.43 bits per heavy atom. The molecule has 1 aliphatic rings. The summed E-state index contributed by atoms with van der Waals surface area (Å²) in [7, 11) is 2.82. The molecule has 1 aromatic carbocycles. The highest BCUT2D eigenvalue weighted by Gasteiger charge is 2.27. The van der Waals surface area contributed by atoms with E-state index in [0.29, 0.717) is 69.4 Å². The van der Waals surface area contributed by atoms with Crippen LogP contribution in [0.25, 0.3) is 0 Å². The molecule has 1 N–H and O–H groups in total. The van der Waals surface area contributed by atoms with Gasteiger partial charge in [-0.15, -0.1) is 14.5 Å². The number of aromatic nitrogens is 2. The second-order valence-corrected chi connectivity index (χ2v) is 11.9. The van der Waals surface area contributed by atoms with E-state index >= 15 is 0 Å². The molecule has 0 amide bonds. The van der Waals surface area contributed by atoms with Crippen LogP contribution < -0.4 is 24.4 Å². The highest BCUT2D eigenvalue weighted by atomic mass is 32.1. The Hall–Kier alpha value is -3.96. The zero-order valence-corrected chi connectivity index (χ0v) is 27.7. The number of carbonyl (C=O) groups excluding carboxylic acids is 2. The number of morpholine rings is 1. The van der Waals surface area contributed by atoms with Gasteiger partial charge in [-0.25, -0.2) is 4.79 Å². The maximum atomic E-state index is 13.6. The molecule has 0 bridgehead atoms. The first kappa shape index (κ1) is 36.5. The summed E-state index contributed by atoms with van der Waals surface area (Å²) in [5.41, 5.74) is 0.354. The molecule has 3 rings (SSSR count). The molecule has 2 aromatic rings. The van der Waals surface area contributed by atoms with Gasteiger partial charge in [-0.3, -0.25) is 4.79 Å². The van der Waals surface area contributed by atoms with Crippen LogP contribution in [0.5, 0.6) is 17.4 Å². The van der Waals surface area contributed by atoms with Crippen LogP contribution >= 0.6 is 11.7 Å². The molecule has 16 nitrogen and oxygen atoms in total. The van der Waals surface area contributed by atoms with Crippen molar-refractivity contribution in [1.29, 1.82) is 0 Å². The van der Waals surface area contributed by atoms with Crippen molar-refractivity contribution < 1.29 is 47.9 Å². The number of esters is 2. The lowest BCUT2D eigenvalue weighted by Crippen LogP contribution is -2.44. The fourth-order valence-corrected chi connectivity index (χ4v) is 4.87. The Balaban J connectivity index is 1.65. The van der Waals surface area contributed by atoms with Crippen LogP contribution in [0.2, 0.25) is 0 Å². The van der Waals surface area contributed by atoms with Gasteiger partial charge in [0.1, 0.15) is 36.4 Å². The van der Waals surface area contributed by atoms with E-state index in [2.05, 4.69) is 18.9 Å². The van der Waals surface area contributed by atoms with Gasteiger partial charge >= 0.3 is 11.9 Å². The summed E-state index contributed by atoms with van der Waals surface area (Å²) in [5.74, 6) is 0.238. The first-order valence-corrected chi connectivity index (χ1v) is 15.7. The number of hydrogen-bond donors (Lipinski definition) is 1. The molecule has 1 aromatic heterocycles. The molecule has 1 fully saturated rings. The van der Waals surface area contributed by atoms with Gasteiger partial charge in [0, 0.05) is 31.6 Å². The molecule has 1 aliphatic heterocycles. The van der Waals surface area contributed by atoms with Crippen molar-refractivity contribution in [3.63, 3.8) is 0 Å². The van der Waals surface area contributed by atoms with Gasteiger partial charge in [0.2, 0.25) is 5.82 Å². The molecular formula is C29H43N5O11S. The number of hydrogen-bond acceptors (Lipinski definition) is 16. The zero-order valence-electron chi connectivity index (χ0n) is 26.9. The summed E-state index contributed by atoms with van der Waals surface area (Å²) in [6.07, 6.45) is 0.964. The number of benzene rings is 1. The largest absolute Gasteiger partial charge is 0.496 e. The lowest BCUT2D eigenvalue weighted by atomic mass is 10.1. The number of ether oxygens (including phenoxy) is 6. The van der Waals surface area contributed by atoms with Crippen LogP contribution in [0, 0.1) is 10.1 Å². The van der Waals surface area contributed by atoms with Gasteiger partial charge in [0.15, 0.2) is 0 Å². The Kier molecular flexibility index (Phi) is 14.5. The third-order valence-electron chi connectivity index (χ3n) is 6.68. The number of nitrogens with zero attached hydrogens (tertiary/aromatic N) is 4. The maximum absolute atomic E-state index is 13.6. The number of anilines is 1. The van der Waals surface area contributed by atoms with Gasteiger partial charge in [-0.2, -0.15) is 4.37 Å². The van der Waals surface area contributed by atoms with E-state index in [4.69, 9.17) is 28.4 Å². The summed E-state index contributed by atoms with van der Waals surface area (Å²) >= 11 is 1.04. The van der Waals surface area contributed by atoms with Crippen molar-refractivity contribution >= 4 is 29.5 Å². The van der Waals surface area contributed by atoms with Crippen LogP contribution in [-0.4, -0.2) is 97.7 Å². The van der Waals surface area contributed by atoms with E-state index in [0.717, 1.165) is 11.7 Å². The molecule has 46 heavy (non-hydrogen) atoms.